The molecule has 1 atom stereocenters. The quantitative estimate of drug-likeness (QED) is 0.508. The molecule has 3 N–H and O–H groups in total. The Hall–Kier alpha value is -3.09. The third-order valence-corrected chi connectivity index (χ3v) is 7.38. The van der Waals surface area contributed by atoms with Crippen molar-refractivity contribution in [2.45, 2.75) is 29.8 Å². The van der Waals surface area contributed by atoms with Gasteiger partial charge in [0.1, 0.15) is 16.5 Å². The highest BCUT2D eigenvalue weighted by atomic mass is 32.2. The van der Waals surface area contributed by atoms with Crippen molar-refractivity contribution < 1.29 is 27.1 Å². The third-order valence-electron chi connectivity index (χ3n) is 5.95. The number of nitrogens with zero attached hydrogens (tertiary/aromatic N) is 3. The molecule has 2 amide bonds. The molecule has 1 aliphatic heterocycles. The monoisotopic (exact) mass is 491 g/mol. The van der Waals surface area contributed by atoms with E-state index in [2.05, 4.69) is 14.6 Å². The largest absolute Gasteiger partial charge is 0.495 e. The van der Waals surface area contributed by atoms with Gasteiger partial charge in [0.15, 0.2) is 6.04 Å². The lowest BCUT2D eigenvalue weighted by atomic mass is 10.1. The molecule has 1 saturated heterocycles. The Morgan fingerprint density at radius 1 is 1.21 bits per heavy atom. The number of amides is 2. The summed E-state index contributed by atoms with van der Waals surface area (Å²) in [7, 11) is -3.37. The van der Waals surface area contributed by atoms with Crippen LogP contribution in [-0.4, -0.2) is 80.4 Å². The lowest BCUT2D eigenvalue weighted by molar-refractivity contribution is -0.139. The Morgan fingerprint density at radius 2 is 1.91 bits per heavy atom. The topological polar surface area (TPSA) is 135 Å². The van der Waals surface area contributed by atoms with E-state index in [9.17, 15) is 22.4 Å². The second-order valence-electron chi connectivity index (χ2n) is 8.25. The number of halogens is 1. The molecular formula is C22H26FN5O5S. The number of carbonyl (C=O) groups is 2. The zero-order chi connectivity index (χ0) is 24.5. The summed E-state index contributed by atoms with van der Waals surface area (Å²) in [6.07, 6.45) is 3.73. The molecule has 34 heavy (non-hydrogen) atoms. The first-order valence-electron chi connectivity index (χ1n) is 10.8. The second kappa shape index (κ2) is 9.65. The Kier molecular flexibility index (Phi) is 6.82. The van der Waals surface area contributed by atoms with E-state index in [1.165, 1.54) is 18.2 Å². The van der Waals surface area contributed by atoms with E-state index < -0.39 is 38.6 Å². The number of primary amides is 1. The summed E-state index contributed by atoms with van der Waals surface area (Å²) in [5.74, 6) is -2.94. The molecule has 10 nitrogen and oxygen atoms in total. The van der Waals surface area contributed by atoms with Crippen molar-refractivity contribution in [1.82, 2.24) is 19.5 Å². The minimum Gasteiger partial charge on any atom is -0.495 e. The predicted molar refractivity (Wildman–Crippen MR) is 121 cm³/mol. The van der Waals surface area contributed by atoms with Gasteiger partial charge < -0.3 is 15.4 Å². The fraction of sp³-hybridized carbons (Fsp3) is 0.409. The molecule has 0 bridgehead atoms. The minimum absolute atomic E-state index is 0.0987. The summed E-state index contributed by atoms with van der Waals surface area (Å²) in [5.41, 5.74) is 5.78. The molecule has 1 aliphatic carbocycles. The van der Waals surface area contributed by atoms with Crippen LogP contribution >= 0.6 is 0 Å². The summed E-state index contributed by atoms with van der Waals surface area (Å²) >= 11 is 0. The van der Waals surface area contributed by atoms with Gasteiger partial charge in [-0.25, -0.2) is 12.8 Å². The Balaban J connectivity index is 1.61. The number of aromatic nitrogens is 1. The molecule has 2 heterocycles. The molecule has 1 aromatic heterocycles. The van der Waals surface area contributed by atoms with Crippen LogP contribution in [-0.2, 0) is 19.6 Å². The van der Waals surface area contributed by atoms with Gasteiger partial charge in [0.05, 0.1) is 12.8 Å². The summed E-state index contributed by atoms with van der Waals surface area (Å²) in [4.78, 5) is 32.4. The molecule has 0 spiro atoms. The van der Waals surface area contributed by atoms with Crippen LogP contribution in [0.25, 0.3) is 11.3 Å². The molecule has 4 rings (SSSR count). The number of hydrogen-bond acceptors (Lipinski definition) is 7. The average Bonchev–Trinajstić information content (AvgIpc) is 3.68. The maximum Gasteiger partial charge on any atom is 0.250 e. The van der Waals surface area contributed by atoms with Crippen molar-refractivity contribution in [2.24, 2.45) is 5.73 Å². The number of ether oxygens (including phenoxy) is 1. The fourth-order valence-electron chi connectivity index (χ4n) is 4.07. The van der Waals surface area contributed by atoms with Crippen LogP contribution in [0.5, 0.6) is 5.75 Å². The van der Waals surface area contributed by atoms with E-state index in [1.54, 1.807) is 18.2 Å². The summed E-state index contributed by atoms with van der Waals surface area (Å²) < 4.78 is 48.3. The average molecular weight is 492 g/mol. The summed E-state index contributed by atoms with van der Waals surface area (Å²) in [6, 6.07) is 5.42. The number of carbonyl (C=O) groups excluding carboxylic acids is 2. The van der Waals surface area contributed by atoms with E-state index >= 15 is 0 Å². The number of sulfonamides is 1. The molecule has 2 aliphatic rings. The van der Waals surface area contributed by atoms with E-state index in [0.29, 0.717) is 32.2 Å². The van der Waals surface area contributed by atoms with Gasteiger partial charge in [-0.15, -0.1) is 0 Å². The van der Waals surface area contributed by atoms with Crippen LogP contribution in [0, 0.1) is 5.82 Å². The number of piperazine rings is 1. The number of pyridine rings is 1. The first kappa shape index (κ1) is 24.0. The predicted octanol–water partition coefficient (Wildman–Crippen LogP) is 0.335. The van der Waals surface area contributed by atoms with Crippen LogP contribution in [0.15, 0.2) is 41.4 Å². The highest BCUT2D eigenvalue weighted by molar-refractivity contribution is 7.89. The first-order chi connectivity index (χ1) is 16.2. The molecule has 2 fully saturated rings. The van der Waals surface area contributed by atoms with Gasteiger partial charge in [0.25, 0.3) is 5.91 Å². The number of benzene rings is 1. The molecule has 2 aromatic rings. The van der Waals surface area contributed by atoms with Gasteiger partial charge in [0, 0.05) is 44.0 Å². The SMILES string of the molecule is COc1c(-c2ccccn2)cc(F)cc1S(=O)(=O)N[C@@H](C(N)=O)C(=O)N1CCN(C2CC2)CC1. The standard InChI is InChI=1S/C22H26FN5O5S/c1-33-20-16(17-4-2-3-7-25-17)12-14(23)13-18(20)34(31,32)26-19(21(24)29)22(30)28-10-8-27(9-11-28)15-5-6-15/h2-4,7,12-13,15,19,26H,5-6,8-11H2,1H3,(H2,24,29)/t19-/m0/s1. The Labute approximate surface area is 196 Å². The van der Waals surface area contributed by atoms with Crippen molar-refractivity contribution in [3.05, 3.63) is 42.3 Å². The lowest BCUT2D eigenvalue weighted by Gasteiger charge is -2.36. The van der Waals surface area contributed by atoms with Crippen molar-refractivity contribution in [1.29, 1.82) is 0 Å². The van der Waals surface area contributed by atoms with Crippen LogP contribution in [0.1, 0.15) is 12.8 Å². The first-order valence-corrected chi connectivity index (χ1v) is 12.3. The summed E-state index contributed by atoms with van der Waals surface area (Å²) in [6.45, 7) is 1.99. The van der Waals surface area contributed by atoms with Crippen molar-refractivity contribution >= 4 is 21.8 Å². The molecular weight excluding hydrogens is 465 g/mol. The highest BCUT2D eigenvalue weighted by Gasteiger charge is 2.38. The van der Waals surface area contributed by atoms with Gasteiger partial charge in [-0.2, -0.15) is 4.72 Å². The van der Waals surface area contributed by atoms with E-state index in [4.69, 9.17) is 10.5 Å². The molecule has 182 valence electrons. The number of nitrogens with two attached hydrogens (primary N) is 1. The maximum atomic E-state index is 14.5. The summed E-state index contributed by atoms with van der Waals surface area (Å²) in [5, 5.41) is 0. The number of rotatable bonds is 8. The molecule has 1 saturated carbocycles. The van der Waals surface area contributed by atoms with E-state index in [-0.39, 0.29) is 17.0 Å². The molecule has 0 radical (unpaired) electrons. The lowest BCUT2D eigenvalue weighted by Crippen LogP contribution is -2.58. The highest BCUT2D eigenvalue weighted by Crippen LogP contribution is 2.36. The van der Waals surface area contributed by atoms with Crippen LogP contribution in [0.3, 0.4) is 0 Å². The minimum atomic E-state index is -4.60. The Morgan fingerprint density at radius 3 is 2.47 bits per heavy atom. The number of hydrogen-bond donors (Lipinski definition) is 2. The molecule has 1 aromatic carbocycles. The van der Waals surface area contributed by atoms with E-state index in [0.717, 1.165) is 25.0 Å². The fourth-order valence-corrected chi connectivity index (χ4v) is 5.43. The number of nitrogens with one attached hydrogen (secondary N) is 1. The zero-order valence-electron chi connectivity index (χ0n) is 18.6. The van der Waals surface area contributed by atoms with E-state index in [1.807, 2.05) is 0 Å². The van der Waals surface area contributed by atoms with Crippen LogP contribution in [0.2, 0.25) is 0 Å². The van der Waals surface area contributed by atoms with Crippen LogP contribution in [0.4, 0.5) is 4.39 Å². The smallest absolute Gasteiger partial charge is 0.250 e. The van der Waals surface area contributed by atoms with Crippen molar-refractivity contribution in [3.8, 4) is 17.0 Å². The van der Waals surface area contributed by atoms with Gasteiger partial charge in [-0.3, -0.25) is 19.5 Å². The molecule has 0 unspecified atom stereocenters. The second-order valence-corrected chi connectivity index (χ2v) is 9.93. The molecule has 12 heteroatoms. The van der Waals surface area contributed by atoms with Gasteiger partial charge >= 0.3 is 0 Å². The third kappa shape index (κ3) is 5.03. The number of methoxy groups -OCH3 is 1. The Bertz CT molecular complexity index is 1180. The van der Waals surface area contributed by atoms with Gasteiger partial charge in [-0.05, 0) is 37.1 Å². The zero-order valence-corrected chi connectivity index (χ0v) is 19.4. The normalized spacial score (nSPS) is 17.9. The van der Waals surface area contributed by atoms with Gasteiger partial charge in [-0.1, -0.05) is 6.07 Å². The van der Waals surface area contributed by atoms with Crippen molar-refractivity contribution in [3.63, 3.8) is 0 Å². The van der Waals surface area contributed by atoms with Crippen LogP contribution < -0.4 is 15.2 Å². The van der Waals surface area contributed by atoms with Gasteiger partial charge in [0.2, 0.25) is 15.9 Å². The van der Waals surface area contributed by atoms with Crippen molar-refractivity contribution in [2.75, 3.05) is 33.3 Å². The maximum absolute atomic E-state index is 14.5.